The van der Waals surface area contributed by atoms with E-state index in [4.69, 9.17) is 0 Å². The van der Waals surface area contributed by atoms with E-state index in [-0.39, 0.29) is 23.8 Å². The molecule has 2 aromatic carbocycles. The summed E-state index contributed by atoms with van der Waals surface area (Å²) in [5, 5.41) is 3.66. The van der Waals surface area contributed by atoms with Gasteiger partial charge in [-0.1, -0.05) is 56.7 Å². The Bertz CT molecular complexity index is 941. The fourth-order valence-electron chi connectivity index (χ4n) is 4.72. The Morgan fingerprint density at radius 3 is 2.52 bits per heavy atom. The third-order valence-electron chi connectivity index (χ3n) is 6.82. The van der Waals surface area contributed by atoms with Crippen LogP contribution >= 0.6 is 0 Å². The SMILES string of the molecule is CC[C@@H](C)[C@H]1NC2(CCN(C(=O)c3cccc(F)c3)CC2)N(Cc2ccccc2)C1=O. The zero-order valence-corrected chi connectivity index (χ0v) is 18.2. The van der Waals surface area contributed by atoms with Crippen molar-refractivity contribution in [1.29, 1.82) is 0 Å². The molecule has 2 atom stereocenters. The van der Waals surface area contributed by atoms with Gasteiger partial charge in [0.2, 0.25) is 5.91 Å². The molecule has 6 heteroatoms. The van der Waals surface area contributed by atoms with Gasteiger partial charge in [-0.15, -0.1) is 0 Å². The predicted octanol–water partition coefficient (Wildman–Crippen LogP) is 3.80. The monoisotopic (exact) mass is 423 g/mol. The first kappa shape index (κ1) is 21.5. The van der Waals surface area contributed by atoms with E-state index in [1.54, 1.807) is 17.0 Å². The molecule has 1 N–H and O–H groups in total. The summed E-state index contributed by atoms with van der Waals surface area (Å²) in [5.74, 6) is -0.195. The fraction of sp³-hybridized carbons (Fsp3) is 0.440. The molecule has 5 nitrogen and oxygen atoms in total. The topological polar surface area (TPSA) is 52.7 Å². The molecule has 2 amide bonds. The first-order valence-corrected chi connectivity index (χ1v) is 11.1. The van der Waals surface area contributed by atoms with E-state index in [1.165, 1.54) is 12.1 Å². The first-order chi connectivity index (χ1) is 14.9. The summed E-state index contributed by atoms with van der Waals surface area (Å²) in [6, 6.07) is 15.7. The van der Waals surface area contributed by atoms with Crippen molar-refractivity contribution in [2.24, 2.45) is 5.92 Å². The molecule has 0 unspecified atom stereocenters. The summed E-state index contributed by atoms with van der Waals surface area (Å²) in [7, 11) is 0. The Morgan fingerprint density at radius 1 is 1.16 bits per heavy atom. The van der Waals surface area contributed by atoms with Gasteiger partial charge in [0.1, 0.15) is 5.82 Å². The number of hydrogen-bond acceptors (Lipinski definition) is 3. The van der Waals surface area contributed by atoms with E-state index < -0.39 is 11.5 Å². The maximum atomic E-state index is 13.6. The lowest BCUT2D eigenvalue weighted by Crippen LogP contribution is -2.59. The summed E-state index contributed by atoms with van der Waals surface area (Å²) in [5.41, 5.74) is 1.00. The number of likely N-dealkylation sites (tertiary alicyclic amines) is 1. The smallest absolute Gasteiger partial charge is 0.253 e. The Morgan fingerprint density at radius 2 is 1.87 bits per heavy atom. The molecule has 31 heavy (non-hydrogen) atoms. The summed E-state index contributed by atoms with van der Waals surface area (Å²) in [4.78, 5) is 30.0. The number of hydrogen-bond donors (Lipinski definition) is 1. The number of piperidine rings is 1. The van der Waals surface area contributed by atoms with Crippen LogP contribution in [0, 0.1) is 11.7 Å². The lowest BCUT2D eigenvalue weighted by atomic mass is 9.94. The zero-order valence-electron chi connectivity index (χ0n) is 18.2. The molecule has 2 aliphatic rings. The van der Waals surface area contributed by atoms with Gasteiger partial charge in [0.05, 0.1) is 11.7 Å². The highest BCUT2D eigenvalue weighted by Gasteiger charge is 2.52. The molecule has 0 aromatic heterocycles. The van der Waals surface area contributed by atoms with Crippen LogP contribution in [0.4, 0.5) is 4.39 Å². The Balaban J connectivity index is 1.54. The van der Waals surface area contributed by atoms with E-state index in [1.807, 2.05) is 35.2 Å². The third kappa shape index (κ3) is 4.22. The second-order valence-electron chi connectivity index (χ2n) is 8.75. The van der Waals surface area contributed by atoms with Crippen molar-refractivity contribution in [3.63, 3.8) is 0 Å². The van der Waals surface area contributed by atoms with Gasteiger partial charge < -0.3 is 9.80 Å². The van der Waals surface area contributed by atoms with Crippen LogP contribution in [-0.4, -0.2) is 46.4 Å². The highest BCUT2D eigenvalue weighted by atomic mass is 19.1. The largest absolute Gasteiger partial charge is 0.338 e. The molecule has 2 aliphatic heterocycles. The maximum Gasteiger partial charge on any atom is 0.253 e. The molecular formula is C25H30FN3O2. The Labute approximate surface area is 183 Å². The average molecular weight is 424 g/mol. The maximum absolute atomic E-state index is 13.6. The normalized spacial score (nSPS) is 21.5. The van der Waals surface area contributed by atoms with Crippen molar-refractivity contribution in [3.8, 4) is 0 Å². The van der Waals surface area contributed by atoms with Gasteiger partial charge in [0.25, 0.3) is 5.91 Å². The molecule has 0 radical (unpaired) electrons. The van der Waals surface area contributed by atoms with Gasteiger partial charge in [-0.05, 0) is 29.7 Å². The summed E-state index contributed by atoms with van der Waals surface area (Å²) < 4.78 is 13.6. The lowest BCUT2D eigenvalue weighted by Gasteiger charge is -2.45. The molecule has 4 rings (SSSR count). The Hall–Kier alpha value is -2.73. The summed E-state index contributed by atoms with van der Waals surface area (Å²) >= 11 is 0. The third-order valence-corrected chi connectivity index (χ3v) is 6.82. The average Bonchev–Trinajstić information content (AvgIpc) is 3.05. The van der Waals surface area contributed by atoms with Crippen molar-refractivity contribution in [3.05, 3.63) is 71.5 Å². The Kier molecular flexibility index (Phi) is 6.10. The van der Waals surface area contributed by atoms with Gasteiger partial charge in [-0.3, -0.25) is 14.9 Å². The number of amides is 2. The van der Waals surface area contributed by atoms with Crippen LogP contribution in [0.25, 0.3) is 0 Å². The minimum atomic E-state index is -0.459. The summed E-state index contributed by atoms with van der Waals surface area (Å²) in [6.07, 6.45) is 2.22. The van der Waals surface area contributed by atoms with Gasteiger partial charge in [0.15, 0.2) is 0 Å². The second kappa shape index (κ2) is 8.79. The zero-order chi connectivity index (χ0) is 22.0. The van der Waals surface area contributed by atoms with Crippen LogP contribution in [-0.2, 0) is 11.3 Å². The molecule has 0 saturated carbocycles. The number of carbonyl (C=O) groups excluding carboxylic acids is 2. The highest BCUT2D eigenvalue weighted by molar-refractivity contribution is 5.94. The number of halogens is 1. The first-order valence-electron chi connectivity index (χ1n) is 11.1. The van der Waals surface area contributed by atoms with Crippen molar-refractivity contribution < 1.29 is 14.0 Å². The number of nitrogens with one attached hydrogen (secondary N) is 1. The minimum absolute atomic E-state index is 0.142. The molecule has 2 fully saturated rings. The van der Waals surface area contributed by atoms with Crippen molar-refractivity contribution in [2.75, 3.05) is 13.1 Å². The van der Waals surface area contributed by atoms with Crippen LogP contribution in [0.2, 0.25) is 0 Å². The molecule has 2 heterocycles. The molecule has 1 spiro atoms. The van der Waals surface area contributed by atoms with Gasteiger partial charge in [-0.2, -0.15) is 0 Å². The standard InChI is InChI=1S/C25H30FN3O2/c1-3-18(2)22-24(31)29(17-19-8-5-4-6-9-19)25(27-22)12-14-28(15-13-25)23(30)20-10-7-11-21(26)16-20/h4-11,16,18,22,27H,3,12-15,17H2,1-2H3/t18-,22-/m1/s1. The second-order valence-corrected chi connectivity index (χ2v) is 8.75. The number of nitrogens with zero attached hydrogens (tertiary/aromatic N) is 2. The molecule has 0 bridgehead atoms. The van der Waals surface area contributed by atoms with Crippen LogP contribution in [0.1, 0.15) is 49.0 Å². The minimum Gasteiger partial charge on any atom is -0.338 e. The van der Waals surface area contributed by atoms with Crippen LogP contribution in [0.15, 0.2) is 54.6 Å². The van der Waals surface area contributed by atoms with Crippen molar-refractivity contribution in [2.45, 2.75) is 51.4 Å². The van der Waals surface area contributed by atoms with Crippen LogP contribution < -0.4 is 5.32 Å². The number of carbonyl (C=O) groups is 2. The van der Waals surface area contributed by atoms with E-state index in [2.05, 4.69) is 19.2 Å². The molecule has 0 aliphatic carbocycles. The van der Waals surface area contributed by atoms with E-state index >= 15 is 0 Å². The van der Waals surface area contributed by atoms with E-state index in [0.29, 0.717) is 38.0 Å². The van der Waals surface area contributed by atoms with Crippen LogP contribution in [0.5, 0.6) is 0 Å². The van der Waals surface area contributed by atoms with Gasteiger partial charge in [-0.25, -0.2) is 4.39 Å². The van der Waals surface area contributed by atoms with Gasteiger partial charge in [0, 0.05) is 38.0 Å². The molecule has 2 saturated heterocycles. The van der Waals surface area contributed by atoms with Gasteiger partial charge >= 0.3 is 0 Å². The van der Waals surface area contributed by atoms with Crippen molar-refractivity contribution in [1.82, 2.24) is 15.1 Å². The highest BCUT2D eigenvalue weighted by Crippen LogP contribution is 2.36. The van der Waals surface area contributed by atoms with E-state index in [9.17, 15) is 14.0 Å². The van der Waals surface area contributed by atoms with Crippen LogP contribution in [0.3, 0.4) is 0 Å². The van der Waals surface area contributed by atoms with Crippen molar-refractivity contribution >= 4 is 11.8 Å². The molecule has 164 valence electrons. The lowest BCUT2D eigenvalue weighted by molar-refractivity contribution is -0.134. The number of rotatable bonds is 5. The summed E-state index contributed by atoms with van der Waals surface area (Å²) in [6.45, 7) is 5.81. The van der Waals surface area contributed by atoms with E-state index in [0.717, 1.165) is 12.0 Å². The quantitative estimate of drug-likeness (QED) is 0.796. The predicted molar refractivity (Wildman–Crippen MR) is 118 cm³/mol. The molecule has 2 aromatic rings. The molecular weight excluding hydrogens is 393 g/mol. The number of benzene rings is 2. The fourth-order valence-corrected chi connectivity index (χ4v) is 4.72.